The van der Waals surface area contributed by atoms with Gasteiger partial charge in [0.1, 0.15) is 6.07 Å². The monoisotopic (exact) mass is 175 g/mol. The molecule has 0 aliphatic rings. The van der Waals surface area contributed by atoms with Crippen LogP contribution in [0.1, 0.15) is 5.56 Å². The third-order valence-corrected chi connectivity index (χ3v) is 1.51. The largest absolute Gasteiger partial charge is 0.270 e. The summed E-state index contributed by atoms with van der Waals surface area (Å²) in [5, 5.41) is 23.3. The molecule has 0 unspecified atom stereocenters. The highest BCUT2D eigenvalue weighted by Crippen LogP contribution is 2.00. The molecule has 0 aliphatic carbocycles. The van der Waals surface area contributed by atoms with Gasteiger partial charge in [0.15, 0.2) is 0 Å². The SMILES string of the molecule is Cn1nnnc1-n1cc(C#N)cn1. The summed E-state index contributed by atoms with van der Waals surface area (Å²) in [6.45, 7) is 0. The first-order valence-electron chi connectivity index (χ1n) is 3.49. The minimum Gasteiger partial charge on any atom is -0.213 e. The second-order valence-corrected chi connectivity index (χ2v) is 2.39. The van der Waals surface area contributed by atoms with Crippen LogP contribution in [0.2, 0.25) is 0 Å². The molecule has 0 atom stereocenters. The van der Waals surface area contributed by atoms with Crippen molar-refractivity contribution >= 4 is 0 Å². The minimum absolute atomic E-state index is 0.474. The molecule has 2 rings (SSSR count). The van der Waals surface area contributed by atoms with Gasteiger partial charge in [-0.05, 0) is 10.4 Å². The van der Waals surface area contributed by atoms with Crippen molar-refractivity contribution in [3.05, 3.63) is 18.0 Å². The Bertz CT molecular complexity index is 459. The van der Waals surface area contributed by atoms with Gasteiger partial charge >= 0.3 is 0 Å². The summed E-state index contributed by atoms with van der Waals surface area (Å²) in [7, 11) is 1.70. The van der Waals surface area contributed by atoms with E-state index in [-0.39, 0.29) is 0 Å². The first kappa shape index (κ1) is 7.42. The van der Waals surface area contributed by atoms with Gasteiger partial charge in [0, 0.05) is 7.05 Å². The lowest BCUT2D eigenvalue weighted by atomic mass is 10.4. The van der Waals surface area contributed by atoms with Gasteiger partial charge < -0.3 is 0 Å². The summed E-state index contributed by atoms with van der Waals surface area (Å²) < 4.78 is 2.91. The zero-order valence-electron chi connectivity index (χ0n) is 6.79. The summed E-state index contributed by atoms with van der Waals surface area (Å²) >= 11 is 0. The molecule has 0 N–H and O–H groups in total. The molecule has 0 aliphatic heterocycles. The van der Waals surface area contributed by atoms with Gasteiger partial charge in [0.2, 0.25) is 0 Å². The second kappa shape index (κ2) is 2.67. The predicted molar refractivity (Wildman–Crippen MR) is 40.6 cm³/mol. The van der Waals surface area contributed by atoms with E-state index >= 15 is 0 Å². The number of hydrogen-bond acceptors (Lipinski definition) is 5. The molecule has 2 heterocycles. The molecule has 0 fully saturated rings. The fourth-order valence-corrected chi connectivity index (χ4v) is 0.909. The molecule has 7 heteroatoms. The van der Waals surface area contributed by atoms with E-state index in [1.807, 2.05) is 6.07 Å². The molecule has 0 spiro atoms. The van der Waals surface area contributed by atoms with Gasteiger partial charge in [-0.2, -0.15) is 10.4 Å². The zero-order valence-corrected chi connectivity index (χ0v) is 6.79. The maximum Gasteiger partial charge on any atom is 0.270 e. The molecule has 2 aromatic heterocycles. The van der Waals surface area contributed by atoms with E-state index in [0.29, 0.717) is 11.5 Å². The van der Waals surface area contributed by atoms with Crippen LogP contribution in [-0.2, 0) is 7.05 Å². The Morgan fingerprint density at radius 2 is 2.38 bits per heavy atom. The second-order valence-electron chi connectivity index (χ2n) is 2.39. The highest BCUT2D eigenvalue weighted by atomic mass is 15.6. The molecule has 0 bridgehead atoms. The first-order valence-corrected chi connectivity index (χ1v) is 3.49. The van der Waals surface area contributed by atoms with Gasteiger partial charge in [-0.1, -0.05) is 5.10 Å². The van der Waals surface area contributed by atoms with Gasteiger partial charge in [-0.3, -0.25) is 0 Å². The Morgan fingerprint density at radius 3 is 2.92 bits per heavy atom. The average molecular weight is 175 g/mol. The van der Waals surface area contributed by atoms with Gasteiger partial charge in [-0.25, -0.2) is 9.36 Å². The summed E-state index contributed by atoms with van der Waals surface area (Å²) in [6.07, 6.45) is 3.01. The molecule has 0 aromatic carbocycles. The van der Waals surface area contributed by atoms with Crippen molar-refractivity contribution in [3.63, 3.8) is 0 Å². The maximum absolute atomic E-state index is 8.56. The van der Waals surface area contributed by atoms with E-state index < -0.39 is 0 Å². The summed E-state index contributed by atoms with van der Waals surface area (Å²) in [4.78, 5) is 0. The van der Waals surface area contributed by atoms with Crippen LogP contribution in [0.4, 0.5) is 0 Å². The average Bonchev–Trinajstić information content (AvgIpc) is 2.71. The Kier molecular flexibility index (Phi) is 1.53. The van der Waals surface area contributed by atoms with E-state index in [9.17, 15) is 0 Å². The summed E-state index contributed by atoms with van der Waals surface area (Å²) in [6, 6.07) is 1.97. The van der Waals surface area contributed by atoms with Crippen molar-refractivity contribution in [2.75, 3.05) is 0 Å². The van der Waals surface area contributed by atoms with Crippen LogP contribution in [0.15, 0.2) is 12.4 Å². The van der Waals surface area contributed by atoms with Crippen molar-refractivity contribution in [1.29, 1.82) is 5.26 Å². The minimum atomic E-state index is 0.474. The summed E-state index contributed by atoms with van der Waals surface area (Å²) in [5.74, 6) is 0.474. The molecule has 64 valence electrons. The molecular weight excluding hydrogens is 170 g/mol. The van der Waals surface area contributed by atoms with Crippen LogP contribution in [0.25, 0.3) is 5.95 Å². The zero-order chi connectivity index (χ0) is 9.26. The Hall–Kier alpha value is -2.23. The van der Waals surface area contributed by atoms with Crippen molar-refractivity contribution in [1.82, 2.24) is 30.0 Å². The van der Waals surface area contributed by atoms with Crippen LogP contribution >= 0.6 is 0 Å². The number of nitrogens with zero attached hydrogens (tertiary/aromatic N) is 7. The number of tetrazole rings is 1. The highest BCUT2D eigenvalue weighted by molar-refractivity contribution is 5.24. The topological polar surface area (TPSA) is 85.2 Å². The third kappa shape index (κ3) is 1.14. The van der Waals surface area contributed by atoms with Gasteiger partial charge in [0.25, 0.3) is 5.95 Å². The van der Waals surface area contributed by atoms with Crippen LogP contribution in [-0.4, -0.2) is 30.0 Å². The van der Waals surface area contributed by atoms with Gasteiger partial charge in [-0.15, -0.1) is 0 Å². The number of aryl methyl sites for hydroxylation is 1. The summed E-state index contributed by atoms with van der Waals surface area (Å²) in [5.41, 5.74) is 0.475. The number of nitriles is 1. The Labute approximate surface area is 73.2 Å². The quantitative estimate of drug-likeness (QED) is 0.570. The first-order chi connectivity index (χ1) is 6.31. The molecule has 7 nitrogen and oxygen atoms in total. The van der Waals surface area contributed by atoms with Crippen molar-refractivity contribution < 1.29 is 0 Å². The lowest BCUT2D eigenvalue weighted by Crippen LogP contribution is -2.04. The van der Waals surface area contributed by atoms with Crippen LogP contribution < -0.4 is 0 Å². The normalized spacial score (nSPS) is 9.85. The predicted octanol–water partition coefficient (Wildman–Crippen LogP) is -0.733. The van der Waals surface area contributed by atoms with E-state index in [2.05, 4.69) is 20.6 Å². The van der Waals surface area contributed by atoms with Crippen LogP contribution in [0.5, 0.6) is 0 Å². The number of hydrogen-bond donors (Lipinski definition) is 0. The molecular formula is C6H5N7. The molecule has 0 saturated carbocycles. The lowest BCUT2D eigenvalue weighted by Gasteiger charge is -1.94. The van der Waals surface area contributed by atoms with Crippen molar-refractivity contribution in [2.24, 2.45) is 7.05 Å². The fraction of sp³-hybridized carbons (Fsp3) is 0.167. The standard InChI is InChI=1S/C6H5N7/c1-12-6(9-10-11-12)13-4-5(2-7)3-8-13/h3-4H,1H3. The van der Waals surface area contributed by atoms with E-state index in [4.69, 9.17) is 5.26 Å². The molecule has 0 radical (unpaired) electrons. The Balaban J connectivity index is 2.48. The van der Waals surface area contributed by atoms with Gasteiger partial charge in [0.05, 0.1) is 18.0 Å². The van der Waals surface area contributed by atoms with Crippen molar-refractivity contribution in [2.45, 2.75) is 0 Å². The molecule has 2 aromatic rings. The van der Waals surface area contributed by atoms with Crippen LogP contribution in [0, 0.1) is 11.3 Å². The highest BCUT2D eigenvalue weighted by Gasteiger charge is 2.05. The van der Waals surface area contributed by atoms with E-state index in [0.717, 1.165) is 0 Å². The van der Waals surface area contributed by atoms with Crippen LogP contribution in [0.3, 0.4) is 0 Å². The number of aromatic nitrogens is 6. The Morgan fingerprint density at radius 1 is 1.54 bits per heavy atom. The number of rotatable bonds is 1. The lowest BCUT2D eigenvalue weighted by molar-refractivity contribution is 0.671. The smallest absolute Gasteiger partial charge is 0.213 e. The van der Waals surface area contributed by atoms with E-state index in [1.165, 1.54) is 15.6 Å². The van der Waals surface area contributed by atoms with E-state index in [1.54, 1.807) is 13.2 Å². The third-order valence-electron chi connectivity index (χ3n) is 1.51. The fourth-order valence-electron chi connectivity index (χ4n) is 0.909. The van der Waals surface area contributed by atoms with Crippen molar-refractivity contribution in [3.8, 4) is 12.0 Å². The molecule has 0 amide bonds. The molecule has 13 heavy (non-hydrogen) atoms. The molecule has 0 saturated heterocycles. The maximum atomic E-state index is 8.56.